The average Bonchev–Trinajstić information content (AvgIpc) is 2.42. The molecule has 1 rings (SSSR count). The van der Waals surface area contributed by atoms with Crippen molar-refractivity contribution in [3.05, 3.63) is 35.9 Å². The van der Waals surface area contributed by atoms with Gasteiger partial charge in [-0.2, -0.15) is 0 Å². The van der Waals surface area contributed by atoms with Gasteiger partial charge >= 0.3 is 7.60 Å². The number of benzene rings is 1. The zero-order chi connectivity index (χ0) is 16.6. The second kappa shape index (κ2) is 9.68. The van der Waals surface area contributed by atoms with Gasteiger partial charge in [-0.25, -0.2) is 0 Å². The van der Waals surface area contributed by atoms with Crippen molar-refractivity contribution in [1.82, 2.24) is 0 Å². The van der Waals surface area contributed by atoms with E-state index in [0.29, 0.717) is 10.1 Å². The molecule has 0 atom stereocenters. The zero-order valence-electron chi connectivity index (χ0n) is 13.4. The van der Waals surface area contributed by atoms with Crippen LogP contribution in [0.15, 0.2) is 30.3 Å². The van der Waals surface area contributed by atoms with Crippen LogP contribution in [0.1, 0.15) is 33.3 Å². The maximum absolute atomic E-state index is 12.6. The highest BCUT2D eigenvalue weighted by Crippen LogP contribution is 2.50. The van der Waals surface area contributed by atoms with Crippen molar-refractivity contribution < 1.29 is 18.3 Å². The maximum Gasteiger partial charge on any atom is 0.368 e. The maximum atomic E-state index is 12.6. The predicted octanol–water partition coefficient (Wildman–Crippen LogP) is 5.22. The monoisotopic (exact) mass is 362 g/mol. The van der Waals surface area contributed by atoms with Crippen molar-refractivity contribution in [3.63, 3.8) is 0 Å². The summed E-state index contributed by atoms with van der Waals surface area (Å²) in [4.78, 5) is 0. The van der Waals surface area contributed by atoms with Crippen molar-refractivity contribution in [2.24, 2.45) is 0 Å². The molecule has 0 N–H and O–H groups in total. The van der Waals surface area contributed by atoms with Gasteiger partial charge < -0.3 is 13.8 Å². The minimum atomic E-state index is -3.30. The van der Waals surface area contributed by atoms with E-state index >= 15 is 0 Å². The van der Waals surface area contributed by atoms with E-state index in [1.54, 1.807) is 27.7 Å². The molecule has 0 radical (unpaired) electrons. The Morgan fingerprint density at radius 3 is 2.18 bits per heavy atom. The van der Waals surface area contributed by atoms with Gasteiger partial charge in [0.05, 0.1) is 12.2 Å². The molecule has 0 bridgehead atoms. The first-order valence-electron chi connectivity index (χ1n) is 7.10. The lowest BCUT2D eigenvalue weighted by Gasteiger charge is -2.22. The van der Waals surface area contributed by atoms with Gasteiger partial charge in [0.1, 0.15) is 0 Å². The Kier molecular flexibility index (Phi) is 8.65. The minimum Gasteiger partial charge on any atom is -0.466 e. The zero-order valence-corrected chi connectivity index (χ0v) is 15.9. The van der Waals surface area contributed by atoms with Crippen LogP contribution < -0.4 is 0 Å². The van der Waals surface area contributed by atoms with Crippen molar-refractivity contribution in [2.45, 2.75) is 45.7 Å². The van der Waals surface area contributed by atoms with Crippen LogP contribution in [0.5, 0.6) is 0 Å². The molecule has 0 unspecified atom stereocenters. The van der Waals surface area contributed by atoms with E-state index < -0.39 is 7.60 Å². The van der Waals surface area contributed by atoms with Gasteiger partial charge in [0.2, 0.25) is 4.38 Å². The Morgan fingerprint density at radius 1 is 1.14 bits per heavy atom. The van der Waals surface area contributed by atoms with Gasteiger partial charge in [-0.3, -0.25) is 4.57 Å². The molecule has 124 valence electrons. The molecule has 0 heterocycles. The molecule has 1 aromatic carbocycles. The number of hydrogen-bond acceptors (Lipinski definition) is 6. The third-order valence-electron chi connectivity index (χ3n) is 2.28. The van der Waals surface area contributed by atoms with Crippen molar-refractivity contribution in [2.75, 3.05) is 6.35 Å². The Balaban J connectivity index is 2.46. The molecule has 0 saturated heterocycles. The van der Waals surface area contributed by atoms with Gasteiger partial charge in [0, 0.05) is 5.75 Å². The van der Waals surface area contributed by atoms with Crippen LogP contribution in [0, 0.1) is 0 Å². The van der Waals surface area contributed by atoms with E-state index in [1.807, 2.05) is 30.3 Å². The summed E-state index contributed by atoms with van der Waals surface area (Å²) in [5.74, 6) is 0.708. The summed E-state index contributed by atoms with van der Waals surface area (Å²) >= 11 is 6.54. The molecular weight excluding hydrogens is 339 g/mol. The van der Waals surface area contributed by atoms with Crippen LogP contribution in [0.2, 0.25) is 0 Å². The largest absolute Gasteiger partial charge is 0.466 e. The number of thiocarbonyl (C=S) groups is 1. The van der Waals surface area contributed by atoms with Gasteiger partial charge in [-0.05, 0) is 45.5 Å². The summed E-state index contributed by atoms with van der Waals surface area (Å²) in [7, 11) is -3.30. The summed E-state index contributed by atoms with van der Waals surface area (Å²) in [6.07, 6.45) is -0.582. The number of rotatable bonds is 8. The number of hydrogen-bond donors (Lipinski definition) is 0. The van der Waals surface area contributed by atoms with E-state index in [2.05, 4.69) is 0 Å². The highest BCUT2D eigenvalue weighted by atomic mass is 32.2. The summed E-state index contributed by atoms with van der Waals surface area (Å²) in [5.41, 5.74) is 1.15. The normalized spacial score (nSPS) is 11.9. The second-order valence-corrected chi connectivity index (χ2v) is 8.70. The highest BCUT2D eigenvalue weighted by molar-refractivity contribution is 8.22. The fraction of sp³-hybridized carbons (Fsp3) is 0.533. The SMILES string of the molecule is CC(C)OP(=O)(COC(=S)SCc1ccccc1)OC(C)C. The van der Waals surface area contributed by atoms with Gasteiger partial charge in [-0.15, -0.1) is 0 Å². The summed E-state index contributed by atoms with van der Waals surface area (Å²) < 4.78 is 29.1. The minimum absolute atomic E-state index is 0.163. The molecule has 4 nitrogen and oxygen atoms in total. The van der Waals surface area contributed by atoms with Crippen molar-refractivity contribution >= 4 is 36.0 Å². The first-order valence-corrected chi connectivity index (χ1v) is 10.2. The van der Waals surface area contributed by atoms with Crippen molar-refractivity contribution in [3.8, 4) is 0 Å². The van der Waals surface area contributed by atoms with Gasteiger partial charge in [0.25, 0.3) is 0 Å². The lowest BCUT2D eigenvalue weighted by Crippen LogP contribution is -2.12. The van der Waals surface area contributed by atoms with Crippen LogP contribution >= 0.6 is 31.6 Å². The third-order valence-corrected chi connectivity index (χ3v) is 5.52. The van der Waals surface area contributed by atoms with Gasteiger partial charge in [0.15, 0.2) is 6.35 Å². The fourth-order valence-electron chi connectivity index (χ4n) is 1.62. The van der Waals surface area contributed by atoms with Crippen LogP contribution in [0.4, 0.5) is 0 Å². The summed E-state index contributed by atoms with van der Waals surface area (Å²) in [6.45, 7) is 7.22. The Hall–Kier alpha value is -0.390. The van der Waals surface area contributed by atoms with E-state index in [-0.39, 0.29) is 18.6 Å². The van der Waals surface area contributed by atoms with Gasteiger partial charge in [-0.1, -0.05) is 42.1 Å². The van der Waals surface area contributed by atoms with Crippen LogP contribution in [-0.4, -0.2) is 22.9 Å². The molecular formula is C15H23O4PS2. The molecule has 0 aliphatic carbocycles. The Bertz CT molecular complexity index is 492. The van der Waals surface area contributed by atoms with Crippen LogP contribution in [-0.2, 0) is 24.1 Å². The lowest BCUT2D eigenvalue weighted by atomic mass is 10.2. The third kappa shape index (κ3) is 8.30. The highest BCUT2D eigenvalue weighted by Gasteiger charge is 2.29. The Labute approximate surface area is 142 Å². The average molecular weight is 362 g/mol. The quantitative estimate of drug-likeness (QED) is 0.466. The first kappa shape index (κ1) is 19.7. The molecule has 0 aromatic heterocycles. The topological polar surface area (TPSA) is 44.8 Å². The standard InChI is InChI=1S/C15H23O4PS2/c1-12(2)18-20(16,19-13(3)4)11-17-15(21)22-10-14-8-6-5-7-9-14/h5-9,12-13H,10-11H2,1-4H3. The first-order chi connectivity index (χ1) is 10.3. The van der Waals surface area contributed by atoms with E-state index in [9.17, 15) is 4.57 Å². The molecule has 0 aliphatic heterocycles. The summed E-state index contributed by atoms with van der Waals surface area (Å²) in [6, 6.07) is 9.95. The van der Waals surface area contributed by atoms with E-state index in [0.717, 1.165) is 5.56 Å². The molecule has 0 fully saturated rings. The lowest BCUT2D eigenvalue weighted by molar-refractivity contribution is 0.129. The van der Waals surface area contributed by atoms with Crippen LogP contribution in [0.25, 0.3) is 0 Å². The molecule has 22 heavy (non-hydrogen) atoms. The predicted molar refractivity (Wildman–Crippen MR) is 96.3 cm³/mol. The number of thioether (sulfide) groups is 1. The fourth-order valence-corrected chi connectivity index (χ4v) is 4.39. The Morgan fingerprint density at radius 2 is 1.68 bits per heavy atom. The smallest absolute Gasteiger partial charge is 0.368 e. The van der Waals surface area contributed by atoms with Crippen LogP contribution in [0.3, 0.4) is 0 Å². The molecule has 1 aromatic rings. The van der Waals surface area contributed by atoms with E-state index in [4.69, 9.17) is 26.0 Å². The number of ether oxygens (including phenoxy) is 1. The molecule has 7 heteroatoms. The summed E-state index contributed by atoms with van der Waals surface area (Å²) in [5, 5.41) is 0. The second-order valence-electron chi connectivity index (χ2n) is 5.22. The van der Waals surface area contributed by atoms with Crippen molar-refractivity contribution in [1.29, 1.82) is 0 Å². The van der Waals surface area contributed by atoms with E-state index in [1.165, 1.54) is 11.8 Å². The molecule has 0 aliphatic rings. The molecule has 0 saturated carbocycles. The molecule has 0 amide bonds. The molecule has 0 spiro atoms.